The maximum absolute atomic E-state index is 3.07. The van der Waals surface area contributed by atoms with Crippen LogP contribution in [0.4, 0.5) is 0 Å². The first-order chi connectivity index (χ1) is 4.50. The summed E-state index contributed by atoms with van der Waals surface area (Å²) in [4.78, 5) is 0. The van der Waals surface area contributed by atoms with Crippen molar-refractivity contribution in [1.82, 2.24) is 16.4 Å². The molecule has 1 heterocycles. The zero-order valence-corrected chi connectivity index (χ0v) is 7.20. The summed E-state index contributed by atoms with van der Waals surface area (Å²) >= 11 is 0. The van der Waals surface area contributed by atoms with Gasteiger partial charge < -0.3 is 0 Å². The number of hydrogen-bond acceptors (Lipinski definition) is 3. The van der Waals surface area contributed by atoms with Crippen LogP contribution in [0, 0.1) is 0 Å². The fourth-order valence-corrected chi connectivity index (χ4v) is 0.968. The standard InChI is InChI=1S/C6H15N3.Fe/c1-2-4-6-8-9-7-5-3-1;/h7-9H,1-6H2;. The van der Waals surface area contributed by atoms with Gasteiger partial charge in [0.2, 0.25) is 0 Å². The van der Waals surface area contributed by atoms with Gasteiger partial charge in [-0.15, -0.1) is 0 Å². The molecule has 1 saturated heterocycles. The molecule has 1 aliphatic rings. The summed E-state index contributed by atoms with van der Waals surface area (Å²) in [7, 11) is 0. The van der Waals surface area contributed by atoms with Crippen molar-refractivity contribution in [3.05, 3.63) is 0 Å². The Morgan fingerprint density at radius 2 is 1.20 bits per heavy atom. The predicted octanol–water partition coefficient (Wildman–Crippen LogP) is 0.157. The molecule has 0 unspecified atom stereocenters. The Balaban J connectivity index is 0.000000810. The van der Waals surface area contributed by atoms with E-state index < -0.39 is 0 Å². The Kier molecular flexibility index (Phi) is 7.81. The summed E-state index contributed by atoms with van der Waals surface area (Å²) < 4.78 is 0. The second kappa shape index (κ2) is 7.51. The molecule has 0 aromatic carbocycles. The Hall–Kier alpha value is 0.399. The molecule has 1 rings (SSSR count). The number of hydrazine groups is 2. The minimum atomic E-state index is 0. The molecule has 4 heteroatoms. The topological polar surface area (TPSA) is 36.1 Å². The van der Waals surface area contributed by atoms with Gasteiger partial charge in [0.05, 0.1) is 0 Å². The maximum Gasteiger partial charge on any atom is 0.0113 e. The van der Waals surface area contributed by atoms with Gasteiger partial charge in [0.25, 0.3) is 0 Å². The van der Waals surface area contributed by atoms with Crippen LogP contribution in [0.2, 0.25) is 0 Å². The van der Waals surface area contributed by atoms with Crippen LogP contribution < -0.4 is 16.4 Å². The summed E-state index contributed by atoms with van der Waals surface area (Å²) in [6, 6.07) is 0. The molecule has 0 spiro atoms. The van der Waals surface area contributed by atoms with Gasteiger partial charge in [-0.05, 0) is 12.8 Å². The second-order valence-corrected chi connectivity index (χ2v) is 2.39. The van der Waals surface area contributed by atoms with E-state index in [0.29, 0.717) is 0 Å². The first kappa shape index (κ1) is 10.4. The van der Waals surface area contributed by atoms with E-state index in [-0.39, 0.29) is 17.1 Å². The van der Waals surface area contributed by atoms with Crippen LogP contribution in [0.3, 0.4) is 0 Å². The Bertz CT molecular complexity index is 41.5. The summed E-state index contributed by atoms with van der Waals surface area (Å²) in [5.74, 6) is 0. The van der Waals surface area contributed by atoms with Gasteiger partial charge in [0.1, 0.15) is 0 Å². The van der Waals surface area contributed by atoms with Crippen molar-refractivity contribution in [2.24, 2.45) is 0 Å². The van der Waals surface area contributed by atoms with Gasteiger partial charge >= 0.3 is 0 Å². The molecule has 10 heavy (non-hydrogen) atoms. The van der Waals surface area contributed by atoms with Crippen LogP contribution in [-0.2, 0) is 17.1 Å². The van der Waals surface area contributed by atoms with Gasteiger partial charge in [0, 0.05) is 30.2 Å². The van der Waals surface area contributed by atoms with Gasteiger partial charge in [0.15, 0.2) is 0 Å². The van der Waals surface area contributed by atoms with Crippen LogP contribution in [-0.4, -0.2) is 13.1 Å². The van der Waals surface area contributed by atoms with Gasteiger partial charge in [-0.25, -0.2) is 10.9 Å². The van der Waals surface area contributed by atoms with E-state index in [4.69, 9.17) is 0 Å². The molecule has 1 aliphatic heterocycles. The largest absolute Gasteiger partial charge is 0.244 e. The van der Waals surface area contributed by atoms with E-state index in [9.17, 15) is 0 Å². The summed E-state index contributed by atoms with van der Waals surface area (Å²) in [6.07, 6.45) is 5.29. The third-order valence-corrected chi connectivity index (χ3v) is 1.53. The fourth-order valence-electron chi connectivity index (χ4n) is 0.968. The molecule has 0 aromatic heterocycles. The molecule has 62 valence electrons. The molecule has 1 fully saturated rings. The van der Waals surface area contributed by atoms with Crippen LogP contribution in [0.1, 0.15) is 25.7 Å². The van der Waals surface area contributed by atoms with Crippen LogP contribution in [0.25, 0.3) is 0 Å². The number of hydrogen-bond donors (Lipinski definition) is 3. The van der Waals surface area contributed by atoms with Gasteiger partial charge in [-0.2, -0.15) is 5.53 Å². The van der Waals surface area contributed by atoms with Gasteiger partial charge in [-0.3, -0.25) is 0 Å². The molecule has 3 nitrogen and oxygen atoms in total. The van der Waals surface area contributed by atoms with E-state index >= 15 is 0 Å². The minimum absolute atomic E-state index is 0. The van der Waals surface area contributed by atoms with Crippen molar-refractivity contribution >= 4 is 0 Å². The number of rotatable bonds is 0. The summed E-state index contributed by atoms with van der Waals surface area (Å²) in [5.41, 5.74) is 9.06. The van der Waals surface area contributed by atoms with Crippen molar-refractivity contribution in [1.29, 1.82) is 0 Å². The monoisotopic (exact) mass is 185 g/mol. The average molecular weight is 185 g/mol. The molecule has 0 saturated carbocycles. The normalized spacial score (nSPS) is 21.6. The summed E-state index contributed by atoms with van der Waals surface area (Å²) in [6.45, 7) is 2.15. The van der Waals surface area contributed by atoms with Gasteiger partial charge in [-0.1, -0.05) is 12.8 Å². The average Bonchev–Trinajstić information content (AvgIpc) is 2.00. The zero-order chi connectivity index (χ0) is 6.36. The Labute approximate surface area is 72.7 Å². The molecule has 0 bridgehead atoms. The first-order valence-corrected chi connectivity index (χ1v) is 3.71. The minimum Gasteiger partial charge on any atom is -0.244 e. The molecule has 0 amide bonds. The zero-order valence-electron chi connectivity index (χ0n) is 6.10. The van der Waals surface area contributed by atoms with Crippen LogP contribution in [0.5, 0.6) is 0 Å². The van der Waals surface area contributed by atoms with E-state index in [2.05, 4.69) is 16.4 Å². The quantitative estimate of drug-likeness (QED) is 0.470. The first-order valence-electron chi connectivity index (χ1n) is 3.71. The third kappa shape index (κ3) is 5.21. The fraction of sp³-hybridized carbons (Fsp3) is 1.00. The van der Waals surface area contributed by atoms with Crippen molar-refractivity contribution in [2.75, 3.05) is 13.1 Å². The van der Waals surface area contributed by atoms with Crippen molar-refractivity contribution in [2.45, 2.75) is 25.7 Å². The van der Waals surface area contributed by atoms with E-state index in [1.165, 1.54) is 25.7 Å². The van der Waals surface area contributed by atoms with Crippen molar-refractivity contribution in [3.8, 4) is 0 Å². The molecule has 0 aliphatic carbocycles. The molecular weight excluding hydrogens is 170 g/mol. The van der Waals surface area contributed by atoms with E-state index in [0.717, 1.165) is 13.1 Å². The Morgan fingerprint density at radius 3 is 1.70 bits per heavy atom. The van der Waals surface area contributed by atoms with Crippen molar-refractivity contribution < 1.29 is 17.1 Å². The number of nitrogens with one attached hydrogen (secondary N) is 3. The second-order valence-electron chi connectivity index (χ2n) is 2.39. The van der Waals surface area contributed by atoms with Crippen LogP contribution >= 0.6 is 0 Å². The summed E-state index contributed by atoms with van der Waals surface area (Å²) in [5, 5.41) is 0. The Morgan fingerprint density at radius 1 is 0.700 bits per heavy atom. The predicted molar refractivity (Wildman–Crippen MR) is 37.6 cm³/mol. The molecule has 0 aromatic rings. The third-order valence-electron chi connectivity index (χ3n) is 1.53. The van der Waals surface area contributed by atoms with Crippen molar-refractivity contribution in [3.63, 3.8) is 0 Å². The molecule has 3 N–H and O–H groups in total. The SMILES string of the molecule is C1CCCNNNCC1.[Fe]. The molecule has 0 radical (unpaired) electrons. The molecule has 0 atom stereocenters. The maximum atomic E-state index is 3.07. The van der Waals surface area contributed by atoms with Crippen LogP contribution in [0.15, 0.2) is 0 Å². The van der Waals surface area contributed by atoms with E-state index in [1.807, 2.05) is 0 Å². The van der Waals surface area contributed by atoms with E-state index in [1.54, 1.807) is 0 Å². The molecular formula is C6H15FeN3. The smallest absolute Gasteiger partial charge is 0.0113 e.